The maximum Gasteiger partial charge on any atom is 0.123 e. The van der Waals surface area contributed by atoms with Gasteiger partial charge in [-0.15, -0.1) is 0 Å². The van der Waals surface area contributed by atoms with E-state index in [0.717, 1.165) is 24.8 Å². The molecule has 112 valence electrons. The lowest BCUT2D eigenvalue weighted by Gasteiger charge is -2.20. The molecule has 0 spiro atoms. The van der Waals surface area contributed by atoms with E-state index in [1.807, 2.05) is 6.07 Å². The second-order valence-corrected chi connectivity index (χ2v) is 6.22. The van der Waals surface area contributed by atoms with Gasteiger partial charge >= 0.3 is 0 Å². The van der Waals surface area contributed by atoms with Gasteiger partial charge < -0.3 is 0 Å². The Morgan fingerprint density at radius 1 is 0.952 bits per heavy atom. The van der Waals surface area contributed by atoms with Crippen molar-refractivity contribution < 1.29 is 4.39 Å². The molecule has 0 nitrogen and oxygen atoms in total. The van der Waals surface area contributed by atoms with Crippen LogP contribution in [0.25, 0.3) is 0 Å². The minimum Gasteiger partial charge on any atom is -0.207 e. The highest BCUT2D eigenvalue weighted by Gasteiger charge is 2.18. The highest BCUT2D eigenvalue weighted by molar-refractivity contribution is 9.09. The summed E-state index contributed by atoms with van der Waals surface area (Å²) in [5.41, 5.74) is 6.38. The number of halogens is 2. The van der Waals surface area contributed by atoms with Crippen LogP contribution in [0, 0.1) is 5.82 Å². The van der Waals surface area contributed by atoms with Crippen molar-refractivity contribution in [1.29, 1.82) is 0 Å². The maximum atomic E-state index is 13.5. The van der Waals surface area contributed by atoms with Crippen LogP contribution < -0.4 is 0 Å². The predicted octanol–water partition coefficient (Wildman–Crippen LogP) is 6.00. The molecule has 2 aromatic carbocycles. The normalized spacial score (nSPS) is 12.4. The van der Waals surface area contributed by atoms with Gasteiger partial charge in [0.25, 0.3) is 0 Å². The van der Waals surface area contributed by atoms with Crippen LogP contribution in [0.2, 0.25) is 0 Å². The number of benzene rings is 2. The van der Waals surface area contributed by atoms with Crippen molar-refractivity contribution in [1.82, 2.24) is 0 Å². The van der Waals surface area contributed by atoms with Crippen LogP contribution in [0.3, 0.4) is 0 Å². The highest BCUT2D eigenvalue weighted by Crippen LogP contribution is 2.37. The molecule has 0 aliphatic carbocycles. The second-order valence-electron chi connectivity index (χ2n) is 5.31. The molecule has 2 heteroatoms. The van der Waals surface area contributed by atoms with Gasteiger partial charge in [-0.05, 0) is 59.2 Å². The third-order valence-corrected chi connectivity index (χ3v) is 4.96. The second kappa shape index (κ2) is 7.22. The van der Waals surface area contributed by atoms with Crippen molar-refractivity contribution in [2.24, 2.45) is 0 Å². The van der Waals surface area contributed by atoms with E-state index in [1.54, 1.807) is 12.1 Å². The Bertz CT molecular complexity index is 594. The summed E-state index contributed by atoms with van der Waals surface area (Å²) >= 11 is 3.79. The highest BCUT2D eigenvalue weighted by atomic mass is 79.9. The molecule has 1 atom stereocenters. The summed E-state index contributed by atoms with van der Waals surface area (Å²) in [4.78, 5) is 0.0454. The molecule has 0 N–H and O–H groups in total. The molecule has 0 aromatic heterocycles. The molecule has 0 radical (unpaired) electrons. The SMILES string of the molecule is CCc1cc(CC)c(C(Br)c2cccc(F)c2)c(CC)c1. The first-order chi connectivity index (χ1) is 10.1. The summed E-state index contributed by atoms with van der Waals surface area (Å²) < 4.78 is 13.5. The average molecular weight is 349 g/mol. The predicted molar refractivity (Wildman–Crippen MR) is 91.7 cm³/mol. The van der Waals surface area contributed by atoms with Gasteiger partial charge in [0, 0.05) is 0 Å². The molecule has 0 aliphatic rings. The molecule has 2 aromatic rings. The first kappa shape index (κ1) is 16.2. The fourth-order valence-corrected chi connectivity index (χ4v) is 3.67. The summed E-state index contributed by atoms with van der Waals surface area (Å²) in [6.07, 6.45) is 3.04. The molecule has 0 fully saturated rings. The Morgan fingerprint density at radius 2 is 1.57 bits per heavy atom. The molecular formula is C19H22BrF. The first-order valence-corrected chi connectivity index (χ1v) is 8.56. The van der Waals surface area contributed by atoms with Crippen molar-refractivity contribution in [2.45, 2.75) is 44.9 Å². The van der Waals surface area contributed by atoms with E-state index in [1.165, 1.54) is 28.3 Å². The molecule has 1 unspecified atom stereocenters. The standard InChI is InChI=1S/C19H22BrF/c1-4-13-10-14(5-2)18(15(6-3)11-13)19(20)16-8-7-9-17(21)12-16/h7-12,19H,4-6H2,1-3H3. The van der Waals surface area contributed by atoms with Crippen molar-refractivity contribution in [3.63, 3.8) is 0 Å². The maximum absolute atomic E-state index is 13.5. The van der Waals surface area contributed by atoms with E-state index in [9.17, 15) is 4.39 Å². The minimum absolute atomic E-state index is 0.0454. The molecule has 21 heavy (non-hydrogen) atoms. The van der Waals surface area contributed by atoms with Gasteiger partial charge in [0.15, 0.2) is 0 Å². The lowest BCUT2D eigenvalue weighted by atomic mass is 9.89. The van der Waals surface area contributed by atoms with Crippen LogP contribution in [0.4, 0.5) is 4.39 Å². The molecule has 0 aliphatic heterocycles. The van der Waals surface area contributed by atoms with Crippen molar-refractivity contribution >= 4 is 15.9 Å². The van der Waals surface area contributed by atoms with E-state index in [2.05, 4.69) is 48.8 Å². The van der Waals surface area contributed by atoms with E-state index in [-0.39, 0.29) is 10.6 Å². The average Bonchev–Trinajstić information content (AvgIpc) is 2.52. The summed E-state index contributed by atoms with van der Waals surface area (Å²) in [7, 11) is 0. The van der Waals surface area contributed by atoms with Gasteiger partial charge in [-0.3, -0.25) is 0 Å². The van der Waals surface area contributed by atoms with Gasteiger partial charge in [0.1, 0.15) is 5.82 Å². The van der Waals surface area contributed by atoms with Crippen LogP contribution in [0.1, 0.15) is 53.4 Å². The number of hydrogen-bond donors (Lipinski definition) is 0. The lowest BCUT2D eigenvalue weighted by molar-refractivity contribution is 0.626. The fraction of sp³-hybridized carbons (Fsp3) is 0.368. The Morgan fingerprint density at radius 3 is 2.05 bits per heavy atom. The molecule has 2 rings (SSSR count). The van der Waals surface area contributed by atoms with Crippen molar-refractivity contribution in [3.05, 3.63) is 70.0 Å². The van der Waals surface area contributed by atoms with Crippen molar-refractivity contribution in [3.8, 4) is 0 Å². The lowest BCUT2D eigenvalue weighted by Crippen LogP contribution is -2.05. The van der Waals surface area contributed by atoms with Crippen molar-refractivity contribution in [2.75, 3.05) is 0 Å². The zero-order valence-electron chi connectivity index (χ0n) is 12.9. The summed E-state index contributed by atoms with van der Waals surface area (Å²) in [6.45, 7) is 6.55. The molecule has 0 bridgehead atoms. The third kappa shape index (κ3) is 3.55. The zero-order valence-corrected chi connectivity index (χ0v) is 14.5. The summed E-state index contributed by atoms with van der Waals surface area (Å²) in [5.74, 6) is -0.182. The first-order valence-electron chi connectivity index (χ1n) is 7.64. The number of aryl methyl sites for hydroxylation is 3. The van der Waals surface area contributed by atoms with Crippen LogP contribution in [-0.2, 0) is 19.3 Å². The Hall–Kier alpha value is -1.15. The Labute approximate surface area is 135 Å². The van der Waals surface area contributed by atoms with Crippen LogP contribution in [0.5, 0.6) is 0 Å². The van der Waals surface area contributed by atoms with E-state index in [4.69, 9.17) is 0 Å². The number of rotatable bonds is 5. The topological polar surface area (TPSA) is 0 Å². The molecule has 0 saturated heterocycles. The van der Waals surface area contributed by atoms with Gasteiger partial charge in [-0.1, -0.05) is 61.0 Å². The third-order valence-electron chi connectivity index (χ3n) is 3.98. The fourth-order valence-electron chi connectivity index (χ4n) is 2.80. The van der Waals surface area contributed by atoms with Crippen LogP contribution in [-0.4, -0.2) is 0 Å². The van der Waals surface area contributed by atoms with Gasteiger partial charge in [-0.2, -0.15) is 0 Å². The summed E-state index contributed by atoms with van der Waals surface area (Å²) in [6, 6.07) is 11.5. The van der Waals surface area contributed by atoms with E-state index < -0.39 is 0 Å². The minimum atomic E-state index is -0.182. The van der Waals surface area contributed by atoms with Gasteiger partial charge in [-0.25, -0.2) is 4.39 Å². The van der Waals surface area contributed by atoms with Gasteiger partial charge in [0.2, 0.25) is 0 Å². The van der Waals surface area contributed by atoms with Crippen LogP contribution in [0.15, 0.2) is 36.4 Å². The number of alkyl halides is 1. The summed E-state index contributed by atoms with van der Waals surface area (Å²) in [5, 5.41) is 0. The smallest absolute Gasteiger partial charge is 0.123 e. The van der Waals surface area contributed by atoms with E-state index >= 15 is 0 Å². The van der Waals surface area contributed by atoms with E-state index in [0.29, 0.717) is 0 Å². The van der Waals surface area contributed by atoms with Gasteiger partial charge in [0.05, 0.1) is 4.83 Å². The Kier molecular flexibility index (Phi) is 5.58. The largest absolute Gasteiger partial charge is 0.207 e. The molecular weight excluding hydrogens is 327 g/mol. The quantitative estimate of drug-likeness (QED) is 0.581. The number of hydrogen-bond acceptors (Lipinski definition) is 0. The molecule has 0 heterocycles. The monoisotopic (exact) mass is 348 g/mol. The molecule has 0 amide bonds. The van der Waals surface area contributed by atoms with Crippen LogP contribution >= 0.6 is 15.9 Å². The Balaban J connectivity index is 2.55. The molecule has 0 saturated carbocycles. The zero-order chi connectivity index (χ0) is 15.4.